The van der Waals surface area contributed by atoms with Crippen LogP contribution in [0.2, 0.25) is 0 Å². The average Bonchev–Trinajstić information content (AvgIpc) is 3.34. The van der Waals surface area contributed by atoms with E-state index in [2.05, 4.69) is 23.0 Å². The zero-order valence-electron chi connectivity index (χ0n) is 18.4. The Hall–Kier alpha value is -3.69. The monoisotopic (exact) mass is 442 g/mol. The lowest BCUT2D eigenvalue weighted by atomic mass is 9.67. The van der Waals surface area contributed by atoms with Gasteiger partial charge in [-0.25, -0.2) is 13.9 Å². The minimum Gasteiger partial charge on any atom is -0.465 e. The van der Waals surface area contributed by atoms with Gasteiger partial charge >= 0.3 is 5.97 Å². The summed E-state index contributed by atoms with van der Waals surface area (Å²) in [5, 5.41) is 16.2. The summed E-state index contributed by atoms with van der Waals surface area (Å²) in [5.74, 6) is 5.39. The van der Waals surface area contributed by atoms with Gasteiger partial charge in [-0.2, -0.15) is 5.10 Å². The van der Waals surface area contributed by atoms with Gasteiger partial charge in [-0.05, 0) is 67.3 Å². The van der Waals surface area contributed by atoms with Gasteiger partial charge < -0.3 is 9.84 Å². The van der Waals surface area contributed by atoms with Crippen LogP contribution in [-0.2, 0) is 11.2 Å². The highest BCUT2D eigenvalue weighted by Crippen LogP contribution is 2.55. The van der Waals surface area contributed by atoms with Crippen molar-refractivity contribution >= 4 is 12.0 Å². The molecule has 0 bridgehead atoms. The van der Waals surface area contributed by atoms with E-state index in [0.29, 0.717) is 30.4 Å². The van der Waals surface area contributed by atoms with Crippen LogP contribution >= 0.6 is 0 Å². The molecule has 5 nitrogen and oxygen atoms in total. The van der Waals surface area contributed by atoms with E-state index >= 15 is 0 Å². The number of rotatable bonds is 2. The van der Waals surface area contributed by atoms with Crippen LogP contribution in [-0.4, -0.2) is 33.6 Å². The number of esters is 1. The number of aromatic nitrogens is 2. The molecule has 0 amide bonds. The fourth-order valence-electron chi connectivity index (χ4n) is 4.89. The molecule has 5 rings (SSSR count). The summed E-state index contributed by atoms with van der Waals surface area (Å²) >= 11 is 0. The maximum atomic E-state index is 13.4. The first kappa shape index (κ1) is 21.2. The molecule has 0 aliphatic heterocycles. The predicted molar refractivity (Wildman–Crippen MR) is 122 cm³/mol. The number of fused-ring (bicyclic) bond motifs is 2. The van der Waals surface area contributed by atoms with Crippen LogP contribution in [0.5, 0.6) is 0 Å². The number of hydrogen-bond donors (Lipinski definition) is 1. The van der Waals surface area contributed by atoms with Gasteiger partial charge in [-0.15, -0.1) is 0 Å². The largest absolute Gasteiger partial charge is 0.465 e. The Labute approximate surface area is 191 Å². The molecule has 0 saturated heterocycles. The van der Waals surface area contributed by atoms with Crippen LogP contribution in [0.15, 0.2) is 60.3 Å². The van der Waals surface area contributed by atoms with Crippen molar-refractivity contribution in [3.8, 4) is 17.5 Å². The highest BCUT2D eigenvalue weighted by molar-refractivity contribution is 5.92. The van der Waals surface area contributed by atoms with Crippen molar-refractivity contribution < 1.29 is 19.0 Å². The lowest BCUT2D eigenvalue weighted by Crippen LogP contribution is -2.44. The van der Waals surface area contributed by atoms with Crippen LogP contribution in [0.3, 0.4) is 0 Å². The van der Waals surface area contributed by atoms with Gasteiger partial charge in [0.25, 0.3) is 0 Å². The Bertz CT molecular complexity index is 1350. The molecule has 1 heterocycles. The Morgan fingerprint density at radius 2 is 1.97 bits per heavy atom. The Balaban J connectivity index is 1.51. The first-order valence-corrected chi connectivity index (χ1v) is 10.8. The van der Waals surface area contributed by atoms with Gasteiger partial charge in [0, 0.05) is 11.0 Å². The quantitative estimate of drug-likeness (QED) is 0.474. The maximum Gasteiger partial charge on any atom is 0.339 e. The first-order chi connectivity index (χ1) is 15.8. The second-order valence-electron chi connectivity index (χ2n) is 8.77. The highest BCUT2D eigenvalue weighted by atomic mass is 19.1. The zero-order valence-corrected chi connectivity index (χ0v) is 18.4. The molecule has 1 fully saturated rings. The van der Waals surface area contributed by atoms with E-state index in [0.717, 1.165) is 22.5 Å². The van der Waals surface area contributed by atoms with Gasteiger partial charge in [0.15, 0.2) is 0 Å². The highest BCUT2D eigenvalue weighted by Gasteiger charge is 2.54. The van der Waals surface area contributed by atoms with E-state index < -0.39 is 17.0 Å². The SMILES string of the molecule is COC(=O)c1ccccc1C#C[C@]1(O)CCC2=Cc3c(cnn3-c3ccc(F)cc3)C[C@@]21C. The third-order valence-corrected chi connectivity index (χ3v) is 6.93. The average molecular weight is 442 g/mol. The number of carbonyl (C=O) groups is 1. The third-order valence-electron chi connectivity index (χ3n) is 6.93. The lowest BCUT2D eigenvalue weighted by molar-refractivity contribution is 0.0153. The van der Waals surface area contributed by atoms with Crippen molar-refractivity contribution in [1.82, 2.24) is 9.78 Å². The van der Waals surface area contributed by atoms with E-state index in [9.17, 15) is 14.3 Å². The third kappa shape index (κ3) is 3.37. The Kier molecular flexibility index (Phi) is 4.95. The van der Waals surface area contributed by atoms with E-state index in [1.54, 1.807) is 47.3 Å². The van der Waals surface area contributed by atoms with Crippen LogP contribution in [0.25, 0.3) is 11.8 Å². The van der Waals surface area contributed by atoms with Crippen molar-refractivity contribution in [3.63, 3.8) is 0 Å². The number of aliphatic hydroxyl groups is 1. The standard InChI is InChI=1S/C27H23FN2O3/c1-26-16-19-17-29-30(22-9-7-21(28)8-10-22)24(19)15-20(26)12-14-27(26,32)13-11-18-5-3-4-6-23(18)25(31)33-2/h3-10,15,17,32H,12,14,16H2,1-2H3/t26-,27-/m0/s1. The van der Waals surface area contributed by atoms with Crippen LogP contribution < -0.4 is 0 Å². The number of nitrogens with zero attached hydrogens (tertiary/aromatic N) is 2. The Morgan fingerprint density at radius 1 is 1.21 bits per heavy atom. The maximum absolute atomic E-state index is 13.4. The molecular formula is C27H23FN2O3. The Morgan fingerprint density at radius 3 is 2.73 bits per heavy atom. The second kappa shape index (κ2) is 7.72. The minimum absolute atomic E-state index is 0.293. The molecule has 2 aliphatic rings. The second-order valence-corrected chi connectivity index (χ2v) is 8.77. The topological polar surface area (TPSA) is 64.3 Å². The van der Waals surface area contributed by atoms with Gasteiger partial charge in [0.1, 0.15) is 11.4 Å². The zero-order chi connectivity index (χ0) is 23.2. The summed E-state index contributed by atoms with van der Waals surface area (Å²) in [7, 11) is 1.33. The van der Waals surface area contributed by atoms with Crippen molar-refractivity contribution in [1.29, 1.82) is 0 Å². The molecule has 166 valence electrons. The smallest absolute Gasteiger partial charge is 0.339 e. The number of benzene rings is 2. The fourth-order valence-corrected chi connectivity index (χ4v) is 4.89. The summed E-state index contributed by atoms with van der Waals surface area (Å²) in [5.41, 5.74) is 2.91. The molecule has 33 heavy (non-hydrogen) atoms. The van der Waals surface area contributed by atoms with Gasteiger partial charge in [-0.1, -0.05) is 36.5 Å². The normalized spacial score (nSPS) is 23.1. The summed E-state index contributed by atoms with van der Waals surface area (Å²) in [6, 6.07) is 13.2. The van der Waals surface area contributed by atoms with Crippen LogP contribution in [0.4, 0.5) is 4.39 Å². The molecule has 3 aromatic rings. The number of halogens is 1. The fraction of sp³-hybridized carbons (Fsp3) is 0.259. The number of methoxy groups -OCH3 is 1. The number of hydrogen-bond acceptors (Lipinski definition) is 4. The molecule has 0 radical (unpaired) electrons. The minimum atomic E-state index is -1.25. The number of ether oxygens (including phenoxy) is 1. The molecule has 2 atom stereocenters. The molecule has 0 unspecified atom stereocenters. The van der Waals surface area contributed by atoms with Crippen molar-refractivity contribution in [2.24, 2.45) is 5.41 Å². The molecule has 6 heteroatoms. The summed E-state index contributed by atoms with van der Waals surface area (Å²) < 4.78 is 20.0. The summed E-state index contributed by atoms with van der Waals surface area (Å²) in [6.45, 7) is 2.03. The summed E-state index contributed by atoms with van der Waals surface area (Å²) in [6.07, 6.45) is 5.66. The van der Waals surface area contributed by atoms with Crippen LogP contribution in [0.1, 0.15) is 46.9 Å². The molecule has 1 aromatic heterocycles. The van der Waals surface area contributed by atoms with E-state index in [1.807, 2.05) is 6.92 Å². The molecule has 1 N–H and O–H groups in total. The molecule has 0 spiro atoms. The van der Waals surface area contributed by atoms with Gasteiger partial charge in [0.2, 0.25) is 0 Å². The van der Waals surface area contributed by atoms with Crippen LogP contribution in [0, 0.1) is 23.1 Å². The lowest BCUT2D eigenvalue weighted by Gasteiger charge is -2.39. The van der Waals surface area contributed by atoms with Crippen molar-refractivity contribution in [2.75, 3.05) is 7.11 Å². The molecule has 2 aromatic carbocycles. The van der Waals surface area contributed by atoms with E-state index in [1.165, 1.54) is 19.2 Å². The predicted octanol–water partition coefficient (Wildman–Crippen LogP) is 4.32. The first-order valence-electron chi connectivity index (χ1n) is 10.8. The van der Waals surface area contributed by atoms with E-state index in [4.69, 9.17) is 4.74 Å². The van der Waals surface area contributed by atoms with Gasteiger partial charge in [0.05, 0.1) is 30.3 Å². The summed E-state index contributed by atoms with van der Waals surface area (Å²) in [4.78, 5) is 12.1. The van der Waals surface area contributed by atoms with Crippen molar-refractivity contribution in [3.05, 3.63) is 88.5 Å². The molecule has 2 aliphatic carbocycles. The molecule has 1 saturated carbocycles. The van der Waals surface area contributed by atoms with Gasteiger partial charge in [-0.3, -0.25) is 0 Å². The van der Waals surface area contributed by atoms with Crippen molar-refractivity contribution in [2.45, 2.75) is 31.8 Å². The molecular weight excluding hydrogens is 419 g/mol. The van der Waals surface area contributed by atoms with E-state index in [-0.39, 0.29) is 5.82 Å². The number of carbonyl (C=O) groups excluding carboxylic acids is 1.